The number of hydrogen-bond acceptors (Lipinski definition) is 2. The highest BCUT2D eigenvalue weighted by atomic mass is 16.3. The Morgan fingerprint density at radius 1 is 0.344 bits per heavy atom. The largest absolute Gasteiger partial charge is 0.393 e. The number of unbranched alkanes of at least 4 members (excludes halogenated alkanes) is 27. The average Bonchev–Trinajstić information content (AvgIpc) is 3.25. The van der Waals surface area contributed by atoms with Crippen molar-refractivity contribution in [3.8, 4) is 0 Å². The van der Waals surface area contributed by atoms with Gasteiger partial charge in [-0.2, -0.15) is 0 Å². The Morgan fingerprint density at radius 2 is 0.607 bits per heavy atom. The van der Waals surface area contributed by atoms with Gasteiger partial charge in [0.1, 0.15) is 0 Å². The second-order valence-corrected chi connectivity index (χ2v) is 19.2. The number of aliphatic hydroxyl groups excluding tert-OH is 1. The molecule has 0 aliphatic heterocycles. The normalized spacial score (nSPS) is 13.4. The summed E-state index contributed by atoms with van der Waals surface area (Å²) >= 11 is 0. The number of aliphatic hydroxyl groups is 1. The number of allylic oxidation sites excluding steroid dienone is 12. The Bertz CT molecular complexity index is 981. The maximum atomic E-state index is 12.0. The summed E-state index contributed by atoms with van der Waals surface area (Å²) in [5.74, 6) is 0. The zero-order valence-corrected chi connectivity index (χ0v) is 42.2. The third-order valence-electron chi connectivity index (χ3n) is 12.8. The molecule has 2 nitrogen and oxygen atoms in total. The topological polar surface area (TPSA) is 23.5 Å². The van der Waals surface area contributed by atoms with Gasteiger partial charge in [0.05, 0.1) is 6.10 Å². The molecular formula is C59H109NO. The van der Waals surface area contributed by atoms with Gasteiger partial charge in [-0.25, -0.2) is 0 Å². The van der Waals surface area contributed by atoms with Crippen LogP contribution in [0.2, 0.25) is 0 Å². The minimum Gasteiger partial charge on any atom is -0.393 e. The minimum absolute atomic E-state index is 0.0328. The van der Waals surface area contributed by atoms with Crippen molar-refractivity contribution in [2.24, 2.45) is 5.41 Å². The first-order valence-electron chi connectivity index (χ1n) is 27.2. The highest BCUT2D eigenvalue weighted by Crippen LogP contribution is 2.38. The van der Waals surface area contributed by atoms with Crippen molar-refractivity contribution in [3.63, 3.8) is 0 Å². The summed E-state index contributed by atoms with van der Waals surface area (Å²) < 4.78 is 0. The van der Waals surface area contributed by atoms with E-state index in [0.29, 0.717) is 0 Å². The summed E-state index contributed by atoms with van der Waals surface area (Å²) in [6.45, 7) is 7.85. The number of hydrogen-bond donors (Lipinski definition) is 1. The molecule has 0 saturated carbocycles. The Hall–Kier alpha value is -1.64. The molecule has 1 atom stereocenters. The predicted octanol–water partition coefficient (Wildman–Crippen LogP) is 19.5. The lowest BCUT2D eigenvalue weighted by Gasteiger charge is -2.41. The first kappa shape index (κ1) is 59.4. The van der Waals surface area contributed by atoms with E-state index in [1.165, 1.54) is 225 Å². The van der Waals surface area contributed by atoms with Crippen molar-refractivity contribution in [1.82, 2.24) is 4.90 Å². The van der Waals surface area contributed by atoms with Crippen molar-refractivity contribution < 1.29 is 5.11 Å². The summed E-state index contributed by atoms with van der Waals surface area (Å²) in [5.41, 5.74) is 0.0328. The molecule has 61 heavy (non-hydrogen) atoms. The van der Waals surface area contributed by atoms with E-state index in [1.54, 1.807) is 0 Å². The maximum absolute atomic E-state index is 12.0. The molecule has 0 radical (unpaired) electrons. The van der Waals surface area contributed by atoms with Gasteiger partial charge in [0.2, 0.25) is 0 Å². The quantitative estimate of drug-likeness (QED) is 0.0487. The summed E-state index contributed by atoms with van der Waals surface area (Å²) in [7, 11) is 4.47. The van der Waals surface area contributed by atoms with E-state index < -0.39 is 0 Å². The van der Waals surface area contributed by atoms with E-state index in [4.69, 9.17) is 0 Å². The SMILES string of the molecule is CCCCC/C=C\C/C=C\CCCCCCCCC(O)C(CCCCCCCC/C=C\C/C=C\CCCCC)(CCCCCCCC/C=C\C/C=C\CCCCC)CN(C)C. The lowest BCUT2D eigenvalue weighted by molar-refractivity contribution is -0.0170. The van der Waals surface area contributed by atoms with E-state index in [2.05, 4.69) is 113 Å². The van der Waals surface area contributed by atoms with Gasteiger partial charge < -0.3 is 10.0 Å². The Balaban J connectivity index is 4.73. The van der Waals surface area contributed by atoms with Gasteiger partial charge in [-0.15, -0.1) is 0 Å². The molecule has 0 aliphatic carbocycles. The van der Waals surface area contributed by atoms with Crippen LogP contribution in [0.15, 0.2) is 72.9 Å². The Kier molecular flexibility index (Phi) is 48.0. The van der Waals surface area contributed by atoms with E-state index in [0.717, 1.165) is 32.2 Å². The molecule has 0 aliphatic rings. The zero-order chi connectivity index (χ0) is 44.4. The van der Waals surface area contributed by atoms with Crippen LogP contribution in [0, 0.1) is 5.41 Å². The molecule has 1 unspecified atom stereocenters. The van der Waals surface area contributed by atoms with Gasteiger partial charge in [0, 0.05) is 12.0 Å². The van der Waals surface area contributed by atoms with Crippen molar-refractivity contribution in [2.75, 3.05) is 20.6 Å². The maximum Gasteiger partial charge on any atom is 0.0608 e. The van der Waals surface area contributed by atoms with Crippen LogP contribution in [0.5, 0.6) is 0 Å². The fourth-order valence-electron chi connectivity index (χ4n) is 8.91. The molecule has 0 aromatic heterocycles. The number of nitrogens with zero attached hydrogens (tertiary/aromatic N) is 1. The van der Waals surface area contributed by atoms with Gasteiger partial charge in [0.15, 0.2) is 0 Å². The molecule has 1 N–H and O–H groups in total. The van der Waals surface area contributed by atoms with Crippen LogP contribution in [0.1, 0.15) is 271 Å². The van der Waals surface area contributed by atoms with Crippen molar-refractivity contribution in [3.05, 3.63) is 72.9 Å². The van der Waals surface area contributed by atoms with Gasteiger partial charge in [-0.05, 0) is 130 Å². The van der Waals surface area contributed by atoms with Crippen molar-refractivity contribution >= 4 is 0 Å². The fraction of sp³-hybridized carbons (Fsp3) is 0.797. The molecule has 0 fully saturated rings. The van der Waals surface area contributed by atoms with Gasteiger partial charge in [-0.3, -0.25) is 0 Å². The molecule has 0 heterocycles. The average molecular weight is 849 g/mol. The second kappa shape index (κ2) is 49.4. The number of rotatable bonds is 48. The van der Waals surface area contributed by atoms with Crippen molar-refractivity contribution in [1.29, 1.82) is 0 Å². The van der Waals surface area contributed by atoms with Gasteiger partial charge in [-0.1, -0.05) is 229 Å². The third kappa shape index (κ3) is 43.4. The molecule has 0 rings (SSSR count). The summed E-state index contributed by atoms with van der Waals surface area (Å²) in [5, 5.41) is 12.0. The van der Waals surface area contributed by atoms with Gasteiger partial charge in [0.25, 0.3) is 0 Å². The van der Waals surface area contributed by atoms with Crippen LogP contribution in [0.25, 0.3) is 0 Å². The summed E-state index contributed by atoms with van der Waals surface area (Å²) in [6, 6.07) is 0. The summed E-state index contributed by atoms with van der Waals surface area (Å²) in [4.78, 5) is 2.38. The molecule has 0 aromatic rings. The zero-order valence-electron chi connectivity index (χ0n) is 42.2. The molecule has 2 heteroatoms. The molecule has 0 aromatic carbocycles. The van der Waals surface area contributed by atoms with Crippen LogP contribution in [0.4, 0.5) is 0 Å². The first-order valence-corrected chi connectivity index (χ1v) is 27.2. The lowest BCUT2D eigenvalue weighted by atomic mass is 9.71. The highest BCUT2D eigenvalue weighted by Gasteiger charge is 2.37. The van der Waals surface area contributed by atoms with E-state index >= 15 is 0 Å². The van der Waals surface area contributed by atoms with Crippen LogP contribution in [-0.4, -0.2) is 36.8 Å². The van der Waals surface area contributed by atoms with E-state index in [9.17, 15) is 5.11 Å². The fourth-order valence-corrected chi connectivity index (χ4v) is 8.91. The Morgan fingerprint density at radius 3 is 0.902 bits per heavy atom. The molecule has 356 valence electrons. The standard InChI is InChI=1S/C59H109NO/c1-6-9-12-15-18-21-24-27-30-33-36-39-42-45-48-51-54-58(61)59(57-60(4)5,55-52-49-46-43-40-37-34-31-28-25-22-19-16-13-10-7-2)56-53-50-47-44-41-38-35-32-29-26-23-20-17-14-11-8-3/h18-23,27-32,58,61H,6-17,24-26,33-57H2,1-5H3/b21-18-,22-19-,23-20-,30-27-,31-28-,32-29-. The first-order chi connectivity index (χ1) is 30.0. The van der Waals surface area contributed by atoms with Crippen LogP contribution >= 0.6 is 0 Å². The predicted molar refractivity (Wildman–Crippen MR) is 279 cm³/mol. The Labute approximate surface area is 384 Å². The lowest BCUT2D eigenvalue weighted by Crippen LogP contribution is -2.43. The van der Waals surface area contributed by atoms with E-state index in [-0.39, 0.29) is 11.5 Å². The monoisotopic (exact) mass is 848 g/mol. The minimum atomic E-state index is -0.184. The van der Waals surface area contributed by atoms with E-state index in [1.807, 2.05) is 0 Å². The summed E-state index contributed by atoms with van der Waals surface area (Å²) in [6.07, 6.45) is 77.8. The van der Waals surface area contributed by atoms with Gasteiger partial charge >= 0.3 is 0 Å². The molecule has 0 saturated heterocycles. The van der Waals surface area contributed by atoms with Crippen molar-refractivity contribution in [2.45, 2.75) is 277 Å². The van der Waals surface area contributed by atoms with Crippen LogP contribution in [0.3, 0.4) is 0 Å². The molecule has 0 bridgehead atoms. The van der Waals surface area contributed by atoms with Crippen LogP contribution < -0.4 is 0 Å². The molecular weight excluding hydrogens is 739 g/mol. The smallest absolute Gasteiger partial charge is 0.0608 e. The van der Waals surface area contributed by atoms with Crippen LogP contribution in [-0.2, 0) is 0 Å². The third-order valence-corrected chi connectivity index (χ3v) is 12.8. The molecule has 0 amide bonds. The highest BCUT2D eigenvalue weighted by molar-refractivity contribution is 4.95. The second-order valence-electron chi connectivity index (χ2n) is 19.2. The molecule has 0 spiro atoms.